The van der Waals surface area contributed by atoms with E-state index in [0.29, 0.717) is 11.8 Å². The van der Waals surface area contributed by atoms with Crippen molar-refractivity contribution in [1.82, 2.24) is 0 Å². The minimum atomic E-state index is 0.545. The number of benzene rings is 2. The van der Waals surface area contributed by atoms with Gasteiger partial charge < -0.3 is 0 Å². The maximum Gasteiger partial charge on any atom is 0.0118 e. The molecular formula is C20H24. The van der Waals surface area contributed by atoms with Crippen LogP contribution in [0.1, 0.15) is 53.1 Å². The predicted molar refractivity (Wildman–Crippen MR) is 86.4 cm³/mol. The molecule has 0 N–H and O–H groups in total. The average Bonchev–Trinajstić information content (AvgIpc) is 2.55. The van der Waals surface area contributed by atoms with Gasteiger partial charge in [-0.2, -0.15) is 0 Å². The molecule has 0 nitrogen and oxygen atoms in total. The molecule has 0 heteroatoms. The molecule has 2 aromatic rings. The van der Waals surface area contributed by atoms with Crippen molar-refractivity contribution in [2.75, 3.05) is 0 Å². The van der Waals surface area contributed by atoms with E-state index in [1.54, 1.807) is 22.3 Å². The molecule has 2 aromatic carbocycles. The molecular weight excluding hydrogens is 240 g/mol. The van der Waals surface area contributed by atoms with Crippen LogP contribution in [0.5, 0.6) is 0 Å². The average molecular weight is 264 g/mol. The van der Waals surface area contributed by atoms with Crippen molar-refractivity contribution < 1.29 is 0 Å². The Morgan fingerprint density at radius 2 is 1.25 bits per heavy atom. The van der Waals surface area contributed by atoms with Gasteiger partial charge in [-0.15, -0.1) is 0 Å². The summed E-state index contributed by atoms with van der Waals surface area (Å²) in [5, 5.41) is 0. The highest BCUT2D eigenvalue weighted by atomic mass is 14.3. The summed E-state index contributed by atoms with van der Waals surface area (Å²) in [6.07, 6.45) is 2.35. The number of aryl methyl sites for hydroxylation is 4. The van der Waals surface area contributed by atoms with Crippen molar-refractivity contribution in [3.63, 3.8) is 0 Å². The highest BCUT2D eigenvalue weighted by Crippen LogP contribution is 2.39. The summed E-state index contributed by atoms with van der Waals surface area (Å²) in [5.74, 6) is 1.18. The molecule has 0 atom stereocenters. The van der Waals surface area contributed by atoms with Gasteiger partial charge in [0.05, 0.1) is 0 Å². The molecule has 0 radical (unpaired) electrons. The molecule has 20 heavy (non-hydrogen) atoms. The smallest absolute Gasteiger partial charge is 0.0118 e. The Morgan fingerprint density at radius 3 is 1.65 bits per heavy atom. The third-order valence-corrected chi connectivity index (χ3v) is 4.60. The van der Waals surface area contributed by atoms with Crippen LogP contribution in [0.15, 0.2) is 36.4 Å². The van der Waals surface area contributed by atoms with Crippen LogP contribution in [-0.2, 0) is 12.8 Å². The Kier molecular flexibility index (Phi) is 3.41. The predicted octanol–water partition coefficient (Wildman–Crippen LogP) is 5.19. The lowest BCUT2D eigenvalue weighted by Crippen LogP contribution is -2.10. The lowest BCUT2D eigenvalue weighted by molar-refractivity contribution is 0.561. The van der Waals surface area contributed by atoms with Gasteiger partial charge in [0.25, 0.3) is 0 Å². The molecule has 0 spiro atoms. The quantitative estimate of drug-likeness (QED) is 0.665. The number of rotatable bonds is 1. The van der Waals surface area contributed by atoms with Gasteiger partial charge in [0, 0.05) is 5.92 Å². The maximum absolute atomic E-state index is 2.39. The topological polar surface area (TPSA) is 0 Å². The molecule has 0 saturated carbocycles. The van der Waals surface area contributed by atoms with Crippen molar-refractivity contribution in [3.8, 4) is 0 Å². The van der Waals surface area contributed by atoms with Crippen LogP contribution in [0.25, 0.3) is 0 Å². The Bertz CT molecular complexity index is 581. The van der Waals surface area contributed by atoms with Crippen molar-refractivity contribution in [3.05, 3.63) is 69.8 Å². The first-order valence-electron chi connectivity index (χ1n) is 7.75. The summed E-state index contributed by atoms with van der Waals surface area (Å²) in [5.41, 5.74) is 8.97. The molecule has 0 fully saturated rings. The summed E-state index contributed by atoms with van der Waals surface area (Å²) < 4.78 is 0. The fourth-order valence-electron chi connectivity index (χ4n) is 3.66. The first kappa shape index (κ1) is 13.4. The van der Waals surface area contributed by atoms with E-state index in [2.05, 4.69) is 64.1 Å². The maximum atomic E-state index is 2.39. The number of hydrogen-bond donors (Lipinski definition) is 0. The normalized spacial score (nSPS) is 14.8. The van der Waals surface area contributed by atoms with Crippen LogP contribution in [-0.4, -0.2) is 0 Å². The summed E-state index contributed by atoms with van der Waals surface area (Å²) in [6, 6.07) is 14.1. The second-order valence-corrected chi connectivity index (χ2v) is 6.63. The first-order chi connectivity index (χ1) is 9.56. The highest BCUT2D eigenvalue weighted by molar-refractivity contribution is 5.47. The Labute approximate surface area is 122 Å². The molecule has 0 amide bonds. The highest BCUT2D eigenvalue weighted by Gasteiger charge is 2.25. The largest absolute Gasteiger partial charge is 0.0619 e. The summed E-state index contributed by atoms with van der Waals surface area (Å²) >= 11 is 0. The SMILES string of the molecule is Cc1ccc2c(c1)CCc1cc(C)ccc1C2C(C)C. The summed E-state index contributed by atoms with van der Waals surface area (Å²) in [7, 11) is 0. The summed E-state index contributed by atoms with van der Waals surface area (Å²) in [4.78, 5) is 0. The van der Waals surface area contributed by atoms with Gasteiger partial charge in [0.1, 0.15) is 0 Å². The van der Waals surface area contributed by atoms with Crippen molar-refractivity contribution >= 4 is 0 Å². The molecule has 104 valence electrons. The number of fused-ring (bicyclic) bond motifs is 2. The molecule has 0 bridgehead atoms. The van der Waals surface area contributed by atoms with Crippen molar-refractivity contribution in [1.29, 1.82) is 0 Å². The van der Waals surface area contributed by atoms with Crippen molar-refractivity contribution in [2.24, 2.45) is 5.92 Å². The Morgan fingerprint density at radius 1 is 0.800 bits per heavy atom. The lowest BCUT2D eigenvalue weighted by atomic mass is 9.80. The fourth-order valence-corrected chi connectivity index (χ4v) is 3.66. The molecule has 1 aliphatic rings. The molecule has 0 heterocycles. The van der Waals surface area contributed by atoms with E-state index in [1.807, 2.05) is 0 Å². The second-order valence-electron chi connectivity index (χ2n) is 6.63. The zero-order valence-corrected chi connectivity index (χ0v) is 13.0. The van der Waals surface area contributed by atoms with Crippen LogP contribution in [0.3, 0.4) is 0 Å². The molecule has 1 aliphatic carbocycles. The third kappa shape index (κ3) is 2.28. The van der Waals surface area contributed by atoms with E-state index >= 15 is 0 Å². The van der Waals surface area contributed by atoms with E-state index in [0.717, 1.165) is 0 Å². The molecule has 0 unspecified atom stereocenters. The minimum Gasteiger partial charge on any atom is -0.0619 e. The van der Waals surface area contributed by atoms with Crippen LogP contribution >= 0.6 is 0 Å². The van der Waals surface area contributed by atoms with Crippen LogP contribution in [0.2, 0.25) is 0 Å². The molecule has 0 aromatic heterocycles. The number of hydrogen-bond acceptors (Lipinski definition) is 0. The third-order valence-electron chi connectivity index (χ3n) is 4.60. The van der Waals surface area contributed by atoms with Gasteiger partial charge in [-0.1, -0.05) is 61.4 Å². The monoisotopic (exact) mass is 264 g/mol. The van der Waals surface area contributed by atoms with E-state index in [4.69, 9.17) is 0 Å². The van der Waals surface area contributed by atoms with Crippen molar-refractivity contribution in [2.45, 2.75) is 46.5 Å². The lowest BCUT2D eigenvalue weighted by Gasteiger charge is -2.24. The van der Waals surface area contributed by atoms with E-state index in [1.165, 1.54) is 24.0 Å². The van der Waals surface area contributed by atoms with E-state index in [-0.39, 0.29) is 0 Å². The Hall–Kier alpha value is -1.56. The van der Waals surface area contributed by atoms with Crippen LogP contribution in [0.4, 0.5) is 0 Å². The van der Waals surface area contributed by atoms with E-state index < -0.39 is 0 Å². The zero-order chi connectivity index (χ0) is 14.3. The van der Waals surface area contributed by atoms with Gasteiger partial charge in [0.2, 0.25) is 0 Å². The zero-order valence-electron chi connectivity index (χ0n) is 13.0. The molecule has 3 rings (SSSR count). The van der Waals surface area contributed by atoms with E-state index in [9.17, 15) is 0 Å². The fraction of sp³-hybridized carbons (Fsp3) is 0.400. The van der Waals surface area contributed by atoms with Gasteiger partial charge in [-0.25, -0.2) is 0 Å². The first-order valence-corrected chi connectivity index (χ1v) is 7.75. The van der Waals surface area contributed by atoms with Crippen LogP contribution in [0, 0.1) is 19.8 Å². The minimum absolute atomic E-state index is 0.545. The Balaban J connectivity index is 2.21. The second kappa shape index (κ2) is 5.09. The van der Waals surface area contributed by atoms with Gasteiger partial charge in [-0.05, 0) is 54.9 Å². The van der Waals surface area contributed by atoms with Crippen LogP contribution < -0.4 is 0 Å². The van der Waals surface area contributed by atoms with Gasteiger partial charge in [0.15, 0.2) is 0 Å². The molecule has 0 saturated heterocycles. The van der Waals surface area contributed by atoms with Gasteiger partial charge in [-0.3, -0.25) is 0 Å². The van der Waals surface area contributed by atoms with Gasteiger partial charge >= 0.3 is 0 Å². The molecule has 0 aliphatic heterocycles. The standard InChI is InChI=1S/C20H24/c1-13(2)20-18-9-5-14(3)11-16(18)7-8-17-12-15(4)6-10-19(17)20/h5-6,9-13,20H,7-8H2,1-4H3. The summed E-state index contributed by atoms with van der Waals surface area (Å²) in [6.45, 7) is 9.10.